The molecule has 1 aliphatic heterocycles. The molecule has 1 saturated heterocycles. The van der Waals surface area contributed by atoms with Crippen LogP contribution in [0.5, 0.6) is 0 Å². The summed E-state index contributed by atoms with van der Waals surface area (Å²) >= 11 is 0. The number of carbonyl (C=O) groups excluding carboxylic acids is 2. The number of carbonyl (C=O) groups is 2. The zero-order valence-corrected chi connectivity index (χ0v) is 10.1. The monoisotopic (exact) mass is 232 g/mol. The molecule has 4 nitrogen and oxygen atoms in total. The Morgan fingerprint density at radius 3 is 2.65 bits per heavy atom. The fourth-order valence-electron chi connectivity index (χ4n) is 2.01. The van der Waals surface area contributed by atoms with Crippen LogP contribution in [0.25, 0.3) is 0 Å². The van der Waals surface area contributed by atoms with Crippen molar-refractivity contribution in [2.45, 2.75) is 13.8 Å². The summed E-state index contributed by atoms with van der Waals surface area (Å²) in [5.74, 6) is -0.0562. The lowest BCUT2D eigenvalue weighted by Gasteiger charge is -2.33. The van der Waals surface area contributed by atoms with E-state index in [0.29, 0.717) is 13.1 Å². The van der Waals surface area contributed by atoms with Gasteiger partial charge in [-0.1, -0.05) is 12.1 Å². The van der Waals surface area contributed by atoms with Gasteiger partial charge in [-0.15, -0.1) is 0 Å². The Kier molecular flexibility index (Phi) is 3.13. The molecule has 4 heteroatoms. The fourth-order valence-corrected chi connectivity index (χ4v) is 2.01. The normalized spacial score (nSPS) is 16.2. The molecule has 0 bridgehead atoms. The number of amides is 2. The van der Waals surface area contributed by atoms with Gasteiger partial charge in [0, 0.05) is 25.7 Å². The average molecular weight is 232 g/mol. The number of benzene rings is 1. The van der Waals surface area contributed by atoms with E-state index in [1.54, 1.807) is 9.80 Å². The number of piperazine rings is 1. The molecule has 1 aromatic carbocycles. The van der Waals surface area contributed by atoms with E-state index < -0.39 is 0 Å². The van der Waals surface area contributed by atoms with Crippen molar-refractivity contribution in [3.8, 4) is 0 Å². The lowest BCUT2D eigenvalue weighted by atomic mass is 10.2. The van der Waals surface area contributed by atoms with Crippen LogP contribution < -0.4 is 4.90 Å². The standard InChI is InChI=1S/C13H16N2O2/c1-10-4-3-5-12(8-10)15-7-6-14(11(2)16)9-13(15)17/h3-5,8H,6-7,9H2,1-2H3. The van der Waals surface area contributed by atoms with E-state index in [4.69, 9.17) is 0 Å². The second-order valence-electron chi connectivity index (χ2n) is 4.32. The first-order chi connectivity index (χ1) is 8.08. The molecule has 0 unspecified atom stereocenters. The second-order valence-corrected chi connectivity index (χ2v) is 4.32. The van der Waals surface area contributed by atoms with Crippen LogP contribution >= 0.6 is 0 Å². The Labute approximate surface area is 101 Å². The summed E-state index contributed by atoms with van der Waals surface area (Å²) in [6.45, 7) is 4.86. The first kappa shape index (κ1) is 11.6. The number of aryl methyl sites for hydroxylation is 1. The summed E-state index contributed by atoms with van der Waals surface area (Å²) < 4.78 is 0. The number of hydrogen-bond acceptors (Lipinski definition) is 2. The van der Waals surface area contributed by atoms with Crippen LogP contribution in [0.3, 0.4) is 0 Å². The number of hydrogen-bond donors (Lipinski definition) is 0. The van der Waals surface area contributed by atoms with Gasteiger partial charge >= 0.3 is 0 Å². The summed E-state index contributed by atoms with van der Waals surface area (Å²) in [6, 6.07) is 7.85. The first-order valence-corrected chi connectivity index (χ1v) is 5.70. The fraction of sp³-hybridized carbons (Fsp3) is 0.385. The quantitative estimate of drug-likeness (QED) is 0.729. The highest BCUT2D eigenvalue weighted by molar-refractivity contribution is 5.97. The summed E-state index contributed by atoms with van der Waals surface area (Å²) in [5, 5.41) is 0. The first-order valence-electron chi connectivity index (χ1n) is 5.70. The second kappa shape index (κ2) is 4.57. The third-order valence-electron chi connectivity index (χ3n) is 2.98. The Morgan fingerprint density at radius 1 is 1.29 bits per heavy atom. The van der Waals surface area contributed by atoms with Gasteiger partial charge in [0.2, 0.25) is 11.8 Å². The lowest BCUT2D eigenvalue weighted by Crippen LogP contribution is -2.51. The molecule has 17 heavy (non-hydrogen) atoms. The van der Waals surface area contributed by atoms with Crippen molar-refractivity contribution in [2.75, 3.05) is 24.5 Å². The van der Waals surface area contributed by atoms with Crippen LogP contribution in [0, 0.1) is 6.92 Å². The van der Waals surface area contributed by atoms with Crippen molar-refractivity contribution in [3.63, 3.8) is 0 Å². The van der Waals surface area contributed by atoms with E-state index in [-0.39, 0.29) is 18.4 Å². The van der Waals surface area contributed by atoms with Gasteiger partial charge in [-0.05, 0) is 24.6 Å². The van der Waals surface area contributed by atoms with Crippen LogP contribution in [0.1, 0.15) is 12.5 Å². The molecule has 0 N–H and O–H groups in total. The van der Waals surface area contributed by atoms with Gasteiger partial charge in [-0.25, -0.2) is 0 Å². The summed E-state index contributed by atoms with van der Waals surface area (Å²) in [7, 11) is 0. The molecule has 0 saturated carbocycles. The smallest absolute Gasteiger partial charge is 0.246 e. The predicted octanol–water partition coefficient (Wildman–Crippen LogP) is 1.19. The van der Waals surface area contributed by atoms with Gasteiger partial charge in [-0.3, -0.25) is 9.59 Å². The molecule has 0 radical (unpaired) electrons. The van der Waals surface area contributed by atoms with E-state index >= 15 is 0 Å². The highest BCUT2D eigenvalue weighted by Crippen LogP contribution is 2.18. The van der Waals surface area contributed by atoms with Crippen molar-refractivity contribution in [1.29, 1.82) is 0 Å². The highest BCUT2D eigenvalue weighted by atomic mass is 16.2. The molecule has 1 aromatic rings. The summed E-state index contributed by atoms with van der Waals surface area (Å²) in [5.41, 5.74) is 2.04. The maximum Gasteiger partial charge on any atom is 0.246 e. The molecule has 0 atom stereocenters. The lowest BCUT2D eigenvalue weighted by molar-refractivity contribution is -0.135. The van der Waals surface area contributed by atoms with Crippen LogP contribution in [0.2, 0.25) is 0 Å². The topological polar surface area (TPSA) is 40.6 Å². The minimum absolute atomic E-state index is 0.0166. The molecular formula is C13H16N2O2. The maximum absolute atomic E-state index is 12.0. The minimum Gasteiger partial charge on any atom is -0.332 e. The molecule has 1 heterocycles. The number of anilines is 1. The Balaban J connectivity index is 2.15. The number of rotatable bonds is 1. The van der Waals surface area contributed by atoms with Gasteiger partial charge in [0.1, 0.15) is 6.54 Å². The van der Waals surface area contributed by atoms with Crippen LogP contribution in [-0.2, 0) is 9.59 Å². The molecule has 0 aliphatic carbocycles. The molecular weight excluding hydrogens is 216 g/mol. The molecule has 0 spiro atoms. The third-order valence-corrected chi connectivity index (χ3v) is 2.98. The average Bonchev–Trinajstić information content (AvgIpc) is 2.28. The molecule has 1 fully saturated rings. The van der Waals surface area contributed by atoms with Crippen LogP contribution in [0.4, 0.5) is 5.69 Å². The van der Waals surface area contributed by atoms with Crippen LogP contribution in [-0.4, -0.2) is 36.3 Å². The van der Waals surface area contributed by atoms with E-state index in [2.05, 4.69) is 0 Å². The van der Waals surface area contributed by atoms with Gasteiger partial charge in [0.25, 0.3) is 0 Å². The maximum atomic E-state index is 12.0. The predicted molar refractivity (Wildman–Crippen MR) is 65.8 cm³/mol. The van der Waals surface area contributed by atoms with Crippen molar-refractivity contribution < 1.29 is 9.59 Å². The van der Waals surface area contributed by atoms with Gasteiger partial charge in [0.05, 0.1) is 0 Å². The van der Waals surface area contributed by atoms with Gasteiger partial charge in [0.15, 0.2) is 0 Å². The summed E-state index contributed by atoms with van der Waals surface area (Å²) in [4.78, 5) is 26.5. The van der Waals surface area contributed by atoms with Crippen molar-refractivity contribution in [3.05, 3.63) is 29.8 Å². The molecule has 0 aromatic heterocycles. The molecule has 2 rings (SSSR count). The highest BCUT2D eigenvalue weighted by Gasteiger charge is 2.26. The van der Waals surface area contributed by atoms with E-state index in [1.807, 2.05) is 31.2 Å². The zero-order valence-electron chi connectivity index (χ0n) is 10.1. The van der Waals surface area contributed by atoms with E-state index in [0.717, 1.165) is 11.3 Å². The van der Waals surface area contributed by atoms with Crippen molar-refractivity contribution in [2.24, 2.45) is 0 Å². The SMILES string of the molecule is CC(=O)N1CCN(c2cccc(C)c2)C(=O)C1. The van der Waals surface area contributed by atoms with Gasteiger partial charge in [-0.2, -0.15) is 0 Å². The van der Waals surface area contributed by atoms with Crippen LogP contribution in [0.15, 0.2) is 24.3 Å². The van der Waals surface area contributed by atoms with Gasteiger partial charge < -0.3 is 9.80 Å². The molecule has 1 aliphatic rings. The molecule has 2 amide bonds. The minimum atomic E-state index is -0.0396. The van der Waals surface area contributed by atoms with Crippen molar-refractivity contribution in [1.82, 2.24) is 4.90 Å². The Morgan fingerprint density at radius 2 is 2.06 bits per heavy atom. The van der Waals surface area contributed by atoms with Crippen molar-refractivity contribution >= 4 is 17.5 Å². The van der Waals surface area contributed by atoms with E-state index in [9.17, 15) is 9.59 Å². The Bertz CT molecular complexity index is 456. The zero-order chi connectivity index (χ0) is 12.4. The third kappa shape index (κ3) is 2.46. The largest absolute Gasteiger partial charge is 0.332 e. The van der Waals surface area contributed by atoms with E-state index in [1.165, 1.54) is 6.92 Å². The molecule has 90 valence electrons. The Hall–Kier alpha value is -1.84. The summed E-state index contributed by atoms with van der Waals surface area (Å²) in [6.07, 6.45) is 0. The number of nitrogens with zero attached hydrogens (tertiary/aromatic N) is 2.